The van der Waals surface area contributed by atoms with Crippen molar-refractivity contribution in [3.63, 3.8) is 0 Å². The van der Waals surface area contributed by atoms with Crippen LogP contribution in [0.25, 0.3) is 5.70 Å². The molecule has 0 bridgehead atoms. The molecule has 20 heavy (non-hydrogen) atoms. The summed E-state index contributed by atoms with van der Waals surface area (Å²) in [5.41, 5.74) is 9.98. The third-order valence-electron chi connectivity index (χ3n) is 2.65. The highest BCUT2D eigenvalue weighted by atomic mass is 32.2. The van der Waals surface area contributed by atoms with E-state index < -0.39 is 10.0 Å². The molecule has 0 saturated carbocycles. The molecule has 0 aromatic heterocycles. The van der Waals surface area contributed by atoms with Crippen molar-refractivity contribution in [3.8, 4) is 0 Å². The predicted molar refractivity (Wildman–Crippen MR) is 79.8 cm³/mol. The van der Waals surface area contributed by atoms with Gasteiger partial charge in [0, 0.05) is 11.4 Å². The van der Waals surface area contributed by atoms with Gasteiger partial charge in [0.15, 0.2) is 0 Å². The number of hydrogen-bond donors (Lipinski definition) is 3. The Labute approximate surface area is 118 Å². The molecule has 0 aliphatic heterocycles. The maximum atomic E-state index is 12.0. The summed E-state index contributed by atoms with van der Waals surface area (Å²) in [6, 6.07) is 15.0. The molecule has 6 heteroatoms. The number of nitrogens with one attached hydrogen (secondary N) is 2. The van der Waals surface area contributed by atoms with Gasteiger partial charge in [0.25, 0.3) is 10.0 Å². The Morgan fingerprint density at radius 3 is 2.20 bits per heavy atom. The smallest absolute Gasteiger partial charge is 0.257 e. The molecule has 0 radical (unpaired) electrons. The van der Waals surface area contributed by atoms with Crippen LogP contribution in [-0.2, 0) is 10.0 Å². The van der Waals surface area contributed by atoms with E-state index in [-0.39, 0.29) is 4.90 Å². The molecular formula is C14H15N3O2S. The Hall–Kier alpha value is -2.31. The van der Waals surface area contributed by atoms with Crippen LogP contribution < -0.4 is 16.0 Å². The van der Waals surface area contributed by atoms with E-state index in [4.69, 9.17) is 5.73 Å². The van der Waals surface area contributed by atoms with Gasteiger partial charge in [-0.3, -0.25) is 0 Å². The van der Waals surface area contributed by atoms with Crippen molar-refractivity contribution in [3.05, 3.63) is 66.7 Å². The average molecular weight is 289 g/mol. The maximum absolute atomic E-state index is 12.0. The van der Waals surface area contributed by atoms with E-state index in [0.29, 0.717) is 11.4 Å². The zero-order chi connectivity index (χ0) is 14.6. The highest BCUT2D eigenvalue weighted by molar-refractivity contribution is 7.89. The molecule has 2 aromatic rings. The van der Waals surface area contributed by atoms with E-state index in [9.17, 15) is 8.42 Å². The fourth-order valence-corrected chi connectivity index (χ4v) is 2.43. The Bertz CT molecular complexity index is 695. The average Bonchev–Trinajstić information content (AvgIpc) is 2.46. The monoisotopic (exact) mass is 289 g/mol. The second-order valence-corrected chi connectivity index (χ2v) is 5.83. The van der Waals surface area contributed by atoms with Crippen molar-refractivity contribution in [1.82, 2.24) is 10.3 Å². The molecule has 104 valence electrons. The molecule has 0 saturated heterocycles. The number of rotatable bonds is 5. The summed E-state index contributed by atoms with van der Waals surface area (Å²) in [5.74, 6) is 0. The fourth-order valence-electron chi connectivity index (χ4n) is 1.54. The Morgan fingerprint density at radius 1 is 1.00 bits per heavy atom. The molecule has 0 aliphatic carbocycles. The number of sulfonamides is 1. The molecule has 4 N–H and O–H groups in total. The van der Waals surface area contributed by atoms with E-state index in [2.05, 4.69) is 16.8 Å². The van der Waals surface area contributed by atoms with Crippen LogP contribution >= 0.6 is 0 Å². The Kier molecular flexibility index (Phi) is 4.07. The van der Waals surface area contributed by atoms with E-state index in [1.54, 1.807) is 42.5 Å². The quantitative estimate of drug-likeness (QED) is 0.578. The van der Waals surface area contributed by atoms with Gasteiger partial charge in [-0.1, -0.05) is 36.9 Å². The van der Waals surface area contributed by atoms with Gasteiger partial charge in [-0.05, 0) is 29.8 Å². The number of hydrogen-bond acceptors (Lipinski definition) is 4. The lowest BCUT2D eigenvalue weighted by Crippen LogP contribution is -2.35. The van der Waals surface area contributed by atoms with E-state index in [0.717, 1.165) is 5.56 Å². The molecule has 0 atom stereocenters. The first-order valence-corrected chi connectivity index (χ1v) is 7.35. The summed E-state index contributed by atoms with van der Waals surface area (Å²) in [7, 11) is -3.62. The molecule has 2 aromatic carbocycles. The van der Waals surface area contributed by atoms with Gasteiger partial charge in [0.1, 0.15) is 0 Å². The fraction of sp³-hybridized carbons (Fsp3) is 0. The van der Waals surface area contributed by atoms with Gasteiger partial charge in [-0.2, -0.15) is 0 Å². The summed E-state index contributed by atoms with van der Waals surface area (Å²) in [6.45, 7) is 3.77. The van der Waals surface area contributed by atoms with Crippen molar-refractivity contribution >= 4 is 21.4 Å². The molecule has 0 fully saturated rings. The van der Waals surface area contributed by atoms with Crippen LogP contribution in [0.5, 0.6) is 0 Å². The summed E-state index contributed by atoms with van der Waals surface area (Å²) >= 11 is 0. The highest BCUT2D eigenvalue weighted by Crippen LogP contribution is 2.12. The third-order valence-corrected chi connectivity index (χ3v) is 3.91. The van der Waals surface area contributed by atoms with Gasteiger partial charge in [0.2, 0.25) is 0 Å². The minimum absolute atomic E-state index is 0.178. The SMILES string of the molecule is C=C(NNS(=O)(=O)c1ccccc1)c1ccc(N)cc1. The van der Waals surface area contributed by atoms with Gasteiger partial charge >= 0.3 is 0 Å². The van der Waals surface area contributed by atoms with E-state index in [1.165, 1.54) is 12.1 Å². The first kappa shape index (κ1) is 14.1. The summed E-state index contributed by atoms with van der Waals surface area (Å²) < 4.78 is 24.0. The molecule has 0 spiro atoms. The van der Waals surface area contributed by atoms with Crippen LogP contribution in [0.3, 0.4) is 0 Å². The van der Waals surface area contributed by atoms with Gasteiger partial charge in [-0.25, -0.2) is 8.42 Å². The van der Waals surface area contributed by atoms with Gasteiger partial charge < -0.3 is 11.2 Å². The largest absolute Gasteiger partial charge is 0.399 e. The zero-order valence-electron chi connectivity index (χ0n) is 10.7. The first-order chi connectivity index (χ1) is 9.49. The van der Waals surface area contributed by atoms with Crippen LogP contribution in [0.15, 0.2) is 66.1 Å². The van der Waals surface area contributed by atoms with Crippen LogP contribution in [0.1, 0.15) is 5.56 Å². The molecule has 0 unspecified atom stereocenters. The number of nitrogens with two attached hydrogens (primary N) is 1. The Morgan fingerprint density at radius 2 is 1.60 bits per heavy atom. The maximum Gasteiger partial charge on any atom is 0.257 e. The lowest BCUT2D eigenvalue weighted by Gasteiger charge is -2.12. The number of benzene rings is 2. The first-order valence-electron chi connectivity index (χ1n) is 5.87. The standard InChI is InChI=1S/C14H15N3O2S/c1-11(12-7-9-13(15)10-8-12)16-17-20(18,19)14-5-3-2-4-6-14/h2-10,16-17H,1,15H2. The second kappa shape index (κ2) is 5.77. The lowest BCUT2D eigenvalue weighted by atomic mass is 10.2. The van der Waals surface area contributed by atoms with Gasteiger partial charge in [0.05, 0.1) is 4.90 Å². The van der Waals surface area contributed by atoms with Crippen molar-refractivity contribution in [2.75, 3.05) is 5.73 Å². The number of hydrazine groups is 1. The minimum atomic E-state index is -3.62. The van der Waals surface area contributed by atoms with Crippen molar-refractivity contribution in [2.45, 2.75) is 4.90 Å². The molecule has 0 heterocycles. The summed E-state index contributed by atoms with van der Waals surface area (Å²) in [4.78, 5) is 2.46. The lowest BCUT2D eigenvalue weighted by molar-refractivity contribution is 0.576. The summed E-state index contributed by atoms with van der Waals surface area (Å²) in [5, 5.41) is 0. The zero-order valence-corrected chi connectivity index (χ0v) is 11.5. The van der Waals surface area contributed by atoms with E-state index in [1.807, 2.05) is 0 Å². The predicted octanol–water partition coefficient (Wildman–Crippen LogP) is 1.72. The topological polar surface area (TPSA) is 84.2 Å². The minimum Gasteiger partial charge on any atom is -0.399 e. The molecular weight excluding hydrogens is 274 g/mol. The van der Waals surface area contributed by atoms with Crippen molar-refractivity contribution < 1.29 is 8.42 Å². The van der Waals surface area contributed by atoms with Crippen molar-refractivity contribution in [1.29, 1.82) is 0 Å². The molecule has 0 aliphatic rings. The van der Waals surface area contributed by atoms with Crippen molar-refractivity contribution in [2.24, 2.45) is 0 Å². The van der Waals surface area contributed by atoms with Crippen LogP contribution in [0.4, 0.5) is 5.69 Å². The molecule has 5 nitrogen and oxygen atoms in total. The van der Waals surface area contributed by atoms with Crippen LogP contribution in [0, 0.1) is 0 Å². The second-order valence-electron chi connectivity index (χ2n) is 4.14. The summed E-state index contributed by atoms with van der Waals surface area (Å²) in [6.07, 6.45) is 0. The number of anilines is 1. The van der Waals surface area contributed by atoms with Crippen LogP contribution in [-0.4, -0.2) is 8.42 Å². The number of nitrogen functional groups attached to an aromatic ring is 1. The van der Waals surface area contributed by atoms with Crippen LogP contribution in [0.2, 0.25) is 0 Å². The van der Waals surface area contributed by atoms with E-state index >= 15 is 0 Å². The molecule has 2 rings (SSSR count). The molecule has 0 amide bonds. The normalized spacial score (nSPS) is 11.0. The Balaban J connectivity index is 2.05. The van der Waals surface area contributed by atoms with Gasteiger partial charge in [-0.15, -0.1) is 4.83 Å². The third kappa shape index (κ3) is 3.37. The highest BCUT2D eigenvalue weighted by Gasteiger charge is 2.12.